The van der Waals surface area contributed by atoms with Gasteiger partial charge in [0.1, 0.15) is 0 Å². The summed E-state index contributed by atoms with van der Waals surface area (Å²) in [4.78, 5) is 25.2. The molecule has 0 saturated carbocycles. The molecule has 0 aliphatic carbocycles. The second kappa shape index (κ2) is 12.5. The molecule has 5 heteroatoms. The van der Waals surface area contributed by atoms with E-state index in [1.54, 1.807) is 13.8 Å². The summed E-state index contributed by atoms with van der Waals surface area (Å²) in [7, 11) is 0. The minimum absolute atomic E-state index is 0.171. The van der Waals surface area contributed by atoms with E-state index in [4.69, 9.17) is 9.47 Å². The Kier molecular flexibility index (Phi) is 10.7. The maximum absolute atomic E-state index is 12.6. The Hall–Kier alpha value is -1.88. The highest BCUT2D eigenvalue weighted by Crippen LogP contribution is 2.37. The lowest BCUT2D eigenvalue weighted by molar-refractivity contribution is -0.172. The van der Waals surface area contributed by atoms with Crippen LogP contribution >= 0.6 is 15.9 Å². The molecule has 0 aliphatic rings. The smallest absolute Gasteiger partial charge is 0.323 e. The van der Waals surface area contributed by atoms with Crippen LogP contribution in [-0.2, 0) is 19.1 Å². The number of hydrogen-bond acceptors (Lipinski definition) is 4. The average molecular weight is 437 g/mol. The van der Waals surface area contributed by atoms with Gasteiger partial charge in [-0.05, 0) is 43.2 Å². The van der Waals surface area contributed by atoms with Crippen molar-refractivity contribution in [2.24, 2.45) is 5.41 Å². The zero-order valence-electron chi connectivity index (χ0n) is 16.2. The van der Waals surface area contributed by atoms with Crippen molar-refractivity contribution < 1.29 is 19.1 Å². The Balaban J connectivity index is 2.74. The molecule has 0 fully saturated rings. The average Bonchev–Trinajstić information content (AvgIpc) is 2.64. The monoisotopic (exact) mass is 436 g/mol. The number of carbonyl (C=O) groups is 2. The summed E-state index contributed by atoms with van der Waals surface area (Å²) in [5.74, 6) is -1.08. The Labute approximate surface area is 170 Å². The molecule has 0 radical (unpaired) electrons. The van der Waals surface area contributed by atoms with Gasteiger partial charge in [-0.15, -0.1) is 0 Å². The predicted octanol–water partition coefficient (Wildman–Crippen LogP) is 5.67. The van der Waals surface area contributed by atoms with E-state index in [-0.39, 0.29) is 19.6 Å². The molecule has 0 aliphatic heterocycles. The van der Waals surface area contributed by atoms with Gasteiger partial charge in [-0.1, -0.05) is 71.4 Å². The summed E-state index contributed by atoms with van der Waals surface area (Å²) < 4.78 is 11.0. The molecule has 4 nitrogen and oxygen atoms in total. The molecular formula is C22H29BrO4. The summed E-state index contributed by atoms with van der Waals surface area (Å²) in [5.41, 5.74) is -0.184. The van der Waals surface area contributed by atoms with Crippen LogP contribution in [0.5, 0.6) is 0 Å². The van der Waals surface area contributed by atoms with E-state index in [0.717, 1.165) is 18.4 Å². The second-order valence-electron chi connectivity index (χ2n) is 6.28. The summed E-state index contributed by atoms with van der Waals surface area (Å²) in [5, 5.41) is 0. The molecule has 1 aromatic carbocycles. The molecule has 0 saturated heterocycles. The molecule has 148 valence electrons. The highest BCUT2D eigenvalue weighted by molar-refractivity contribution is 9.11. The van der Waals surface area contributed by atoms with Crippen LogP contribution in [0.2, 0.25) is 0 Å². The van der Waals surface area contributed by atoms with Crippen LogP contribution in [0.25, 0.3) is 6.08 Å². The molecule has 0 atom stereocenters. The minimum Gasteiger partial charge on any atom is -0.465 e. The molecule has 1 rings (SSSR count). The molecule has 0 spiro atoms. The van der Waals surface area contributed by atoms with E-state index in [1.807, 2.05) is 30.3 Å². The number of ether oxygens (including phenoxy) is 2. The third-order valence-electron chi connectivity index (χ3n) is 4.16. The fourth-order valence-corrected chi connectivity index (χ4v) is 3.34. The van der Waals surface area contributed by atoms with Crippen LogP contribution in [0.3, 0.4) is 0 Å². The van der Waals surface area contributed by atoms with E-state index >= 15 is 0 Å². The first-order valence-corrected chi connectivity index (χ1v) is 10.1. The molecule has 1 aromatic rings. The first-order chi connectivity index (χ1) is 13.0. The number of benzene rings is 1. The lowest BCUT2D eigenvalue weighted by atomic mass is 9.79. The Morgan fingerprint density at radius 1 is 1.07 bits per heavy atom. The van der Waals surface area contributed by atoms with Crippen molar-refractivity contribution in [3.63, 3.8) is 0 Å². The third-order valence-corrected chi connectivity index (χ3v) is 4.44. The van der Waals surface area contributed by atoms with Crippen LogP contribution in [0, 0.1) is 5.41 Å². The van der Waals surface area contributed by atoms with Gasteiger partial charge >= 0.3 is 11.9 Å². The summed E-state index contributed by atoms with van der Waals surface area (Å²) in [6.45, 7) is 7.69. The van der Waals surface area contributed by atoms with E-state index < -0.39 is 17.4 Å². The van der Waals surface area contributed by atoms with Gasteiger partial charge in [0.2, 0.25) is 0 Å². The molecule has 0 amide bonds. The zero-order chi connectivity index (χ0) is 20.1. The number of carbonyl (C=O) groups excluding carboxylic acids is 2. The molecule has 0 aromatic heterocycles. The first-order valence-electron chi connectivity index (χ1n) is 9.35. The van der Waals surface area contributed by atoms with Crippen LogP contribution in [0.4, 0.5) is 0 Å². The van der Waals surface area contributed by atoms with Gasteiger partial charge in [0.05, 0.1) is 13.2 Å². The third kappa shape index (κ3) is 7.71. The summed E-state index contributed by atoms with van der Waals surface area (Å²) in [6, 6.07) is 10.1. The van der Waals surface area contributed by atoms with Crippen LogP contribution < -0.4 is 0 Å². The van der Waals surface area contributed by atoms with Crippen molar-refractivity contribution in [1.29, 1.82) is 0 Å². The van der Waals surface area contributed by atoms with Crippen molar-refractivity contribution in [3.05, 3.63) is 53.0 Å². The van der Waals surface area contributed by atoms with Crippen LogP contribution in [0.1, 0.15) is 51.5 Å². The Bertz CT molecular complexity index is 619. The molecule has 0 unspecified atom stereocenters. The van der Waals surface area contributed by atoms with Gasteiger partial charge in [0.15, 0.2) is 5.41 Å². The SMILES string of the molecule is C=C(Br)CC(CCCC/C=C/c1ccccc1)(C(=O)OCC)C(=O)OCC. The highest BCUT2D eigenvalue weighted by Gasteiger charge is 2.48. The van der Waals surface area contributed by atoms with Crippen LogP contribution in [0.15, 0.2) is 47.5 Å². The largest absolute Gasteiger partial charge is 0.465 e. The summed E-state index contributed by atoms with van der Waals surface area (Å²) >= 11 is 3.29. The van der Waals surface area contributed by atoms with Gasteiger partial charge in [-0.2, -0.15) is 0 Å². The van der Waals surface area contributed by atoms with E-state index in [1.165, 1.54) is 0 Å². The van der Waals surface area contributed by atoms with E-state index in [9.17, 15) is 9.59 Å². The topological polar surface area (TPSA) is 52.6 Å². The van der Waals surface area contributed by atoms with Gasteiger partial charge in [0.25, 0.3) is 0 Å². The normalized spacial score (nSPS) is 11.4. The standard InChI is InChI=1S/C22H29BrO4/c1-4-26-20(24)22(17-18(3)23,21(25)27-5-2)16-12-7-6-9-13-19-14-10-8-11-15-19/h8-11,13-15H,3-7,12,16-17H2,1-2H3/b13-9+. The van der Waals surface area contributed by atoms with Gasteiger partial charge in [-0.25, -0.2) is 0 Å². The fraction of sp³-hybridized carbons (Fsp3) is 0.455. The highest BCUT2D eigenvalue weighted by atomic mass is 79.9. The Morgan fingerprint density at radius 2 is 1.67 bits per heavy atom. The summed E-state index contributed by atoms with van der Waals surface area (Å²) in [6.07, 6.45) is 7.15. The molecule has 0 N–H and O–H groups in total. The molecular weight excluding hydrogens is 408 g/mol. The number of allylic oxidation sites excluding steroid dienone is 2. The van der Waals surface area contributed by atoms with Gasteiger partial charge < -0.3 is 9.47 Å². The lowest BCUT2D eigenvalue weighted by Gasteiger charge is -2.29. The number of esters is 2. The first kappa shape index (κ1) is 23.2. The lowest BCUT2D eigenvalue weighted by Crippen LogP contribution is -2.42. The van der Waals surface area contributed by atoms with Crippen molar-refractivity contribution >= 4 is 33.9 Å². The minimum atomic E-state index is -1.34. The van der Waals surface area contributed by atoms with Crippen molar-refractivity contribution in [3.8, 4) is 0 Å². The van der Waals surface area contributed by atoms with Crippen molar-refractivity contribution in [2.45, 2.75) is 46.0 Å². The van der Waals surface area contributed by atoms with Crippen molar-refractivity contribution in [1.82, 2.24) is 0 Å². The number of hydrogen-bond donors (Lipinski definition) is 0. The fourth-order valence-electron chi connectivity index (χ4n) is 2.86. The van der Waals surface area contributed by atoms with Crippen molar-refractivity contribution in [2.75, 3.05) is 13.2 Å². The maximum atomic E-state index is 12.6. The van der Waals surface area contributed by atoms with Gasteiger partial charge in [0, 0.05) is 6.42 Å². The number of rotatable bonds is 12. The van der Waals surface area contributed by atoms with Crippen LogP contribution in [-0.4, -0.2) is 25.2 Å². The van der Waals surface area contributed by atoms with E-state index in [0.29, 0.717) is 17.3 Å². The van der Waals surface area contributed by atoms with Gasteiger partial charge in [-0.3, -0.25) is 9.59 Å². The maximum Gasteiger partial charge on any atom is 0.323 e. The predicted molar refractivity (Wildman–Crippen MR) is 112 cm³/mol. The molecule has 0 heterocycles. The number of unbranched alkanes of at least 4 members (excludes halogenated alkanes) is 2. The quantitative estimate of drug-likeness (QED) is 0.240. The second-order valence-corrected chi connectivity index (χ2v) is 7.40. The zero-order valence-corrected chi connectivity index (χ0v) is 17.8. The Morgan fingerprint density at radius 3 is 2.19 bits per heavy atom. The molecule has 27 heavy (non-hydrogen) atoms. The number of halogens is 1. The van der Waals surface area contributed by atoms with E-state index in [2.05, 4.69) is 34.7 Å². The molecule has 0 bridgehead atoms.